The molecule has 1 N–H and O–H groups in total. The second-order valence-corrected chi connectivity index (χ2v) is 9.70. The molecule has 2 aromatic heterocycles. The molecular formula is C24H25N5OS2. The highest BCUT2D eigenvalue weighted by Gasteiger charge is 2.22. The molecule has 1 aromatic carbocycles. The molecule has 1 amide bonds. The van der Waals surface area contributed by atoms with Crippen molar-refractivity contribution in [3.05, 3.63) is 70.4 Å². The molecule has 2 heterocycles. The van der Waals surface area contributed by atoms with E-state index in [4.69, 9.17) is 0 Å². The van der Waals surface area contributed by atoms with Crippen molar-refractivity contribution in [3.8, 4) is 6.07 Å². The van der Waals surface area contributed by atoms with E-state index >= 15 is 0 Å². The third-order valence-electron chi connectivity index (χ3n) is 5.45. The number of nitriles is 1. The van der Waals surface area contributed by atoms with Crippen LogP contribution in [-0.2, 0) is 37.0 Å². The van der Waals surface area contributed by atoms with E-state index in [1.807, 2.05) is 28.8 Å². The number of nitrogens with zero attached hydrogens (tertiary/aromatic N) is 4. The first-order chi connectivity index (χ1) is 15.7. The van der Waals surface area contributed by atoms with Crippen LogP contribution in [0, 0.1) is 11.3 Å². The number of allylic oxidation sites excluding steroid dienone is 1. The summed E-state index contributed by atoms with van der Waals surface area (Å²) in [7, 11) is 0. The second-order valence-electron chi connectivity index (χ2n) is 7.65. The molecule has 4 rings (SSSR count). The van der Waals surface area contributed by atoms with Crippen LogP contribution in [0.1, 0.15) is 40.2 Å². The van der Waals surface area contributed by atoms with Crippen molar-refractivity contribution in [3.63, 3.8) is 0 Å². The van der Waals surface area contributed by atoms with E-state index in [-0.39, 0.29) is 11.7 Å². The molecule has 0 saturated carbocycles. The van der Waals surface area contributed by atoms with Crippen molar-refractivity contribution < 1.29 is 4.79 Å². The summed E-state index contributed by atoms with van der Waals surface area (Å²) in [6.07, 6.45) is 7.63. The van der Waals surface area contributed by atoms with Crippen molar-refractivity contribution in [2.24, 2.45) is 0 Å². The Balaban J connectivity index is 1.39. The van der Waals surface area contributed by atoms with Gasteiger partial charge in [-0.1, -0.05) is 48.2 Å². The fraction of sp³-hybridized carbons (Fsp3) is 0.333. The molecule has 1 aliphatic rings. The molecular weight excluding hydrogens is 438 g/mol. The van der Waals surface area contributed by atoms with Crippen molar-refractivity contribution >= 4 is 34.0 Å². The molecule has 0 unspecified atom stereocenters. The van der Waals surface area contributed by atoms with Crippen LogP contribution in [0.25, 0.3) is 0 Å². The van der Waals surface area contributed by atoms with Crippen molar-refractivity contribution in [2.45, 2.75) is 50.2 Å². The maximum Gasteiger partial charge on any atom is 0.235 e. The predicted molar refractivity (Wildman–Crippen MR) is 129 cm³/mol. The summed E-state index contributed by atoms with van der Waals surface area (Å²) in [5.41, 5.74) is 3.02. The number of thioether (sulfide) groups is 1. The average Bonchev–Trinajstić information content (AvgIpc) is 3.37. The number of hydrogen-bond donors (Lipinski definition) is 1. The fourth-order valence-electron chi connectivity index (χ4n) is 3.89. The van der Waals surface area contributed by atoms with E-state index in [0.29, 0.717) is 22.3 Å². The quantitative estimate of drug-likeness (QED) is 0.364. The third kappa shape index (κ3) is 5.12. The first-order valence-corrected chi connectivity index (χ1v) is 12.5. The summed E-state index contributed by atoms with van der Waals surface area (Å²) >= 11 is 2.90. The lowest BCUT2D eigenvalue weighted by Gasteiger charge is -2.09. The Morgan fingerprint density at radius 2 is 2.06 bits per heavy atom. The van der Waals surface area contributed by atoms with Crippen LogP contribution in [0.15, 0.2) is 48.1 Å². The second kappa shape index (κ2) is 10.6. The number of rotatable bonds is 9. The van der Waals surface area contributed by atoms with Crippen LogP contribution < -0.4 is 5.32 Å². The van der Waals surface area contributed by atoms with E-state index in [0.717, 1.165) is 49.9 Å². The molecule has 0 saturated heterocycles. The number of hydrogen-bond acceptors (Lipinski definition) is 6. The number of benzene rings is 1. The van der Waals surface area contributed by atoms with Crippen LogP contribution >= 0.6 is 23.1 Å². The van der Waals surface area contributed by atoms with Gasteiger partial charge >= 0.3 is 0 Å². The standard InChI is InChI=1S/C24H25N5OS2/c1-2-14-29-21(13-12-17-8-4-3-5-9-17)27-28-24(29)31-16-22(30)26-23-19(15-25)18-10-6-7-11-20(18)32-23/h2-5,8-9H,1,6-7,10-14,16H2,(H,26,30). The number of aryl methyl sites for hydroxylation is 3. The third-order valence-corrected chi connectivity index (χ3v) is 7.63. The first kappa shape index (κ1) is 22.3. The molecule has 0 spiro atoms. The van der Waals surface area contributed by atoms with Gasteiger partial charge in [0.15, 0.2) is 5.16 Å². The molecule has 1 aliphatic carbocycles. The van der Waals surface area contributed by atoms with Gasteiger partial charge in [0.2, 0.25) is 5.91 Å². The topological polar surface area (TPSA) is 83.6 Å². The van der Waals surface area contributed by atoms with Gasteiger partial charge in [0.1, 0.15) is 16.9 Å². The number of fused-ring (bicyclic) bond motifs is 1. The predicted octanol–water partition coefficient (Wildman–Crippen LogP) is 4.79. The highest BCUT2D eigenvalue weighted by atomic mass is 32.2. The van der Waals surface area contributed by atoms with Gasteiger partial charge in [0.05, 0.1) is 11.3 Å². The van der Waals surface area contributed by atoms with E-state index in [1.54, 1.807) is 11.3 Å². The van der Waals surface area contributed by atoms with Gasteiger partial charge < -0.3 is 9.88 Å². The van der Waals surface area contributed by atoms with Crippen molar-refractivity contribution in [1.82, 2.24) is 14.8 Å². The minimum absolute atomic E-state index is 0.135. The van der Waals surface area contributed by atoms with Gasteiger partial charge in [-0.3, -0.25) is 4.79 Å². The molecule has 0 fully saturated rings. The summed E-state index contributed by atoms with van der Waals surface area (Å²) in [5.74, 6) is 0.958. The number of anilines is 1. The van der Waals surface area contributed by atoms with Crippen LogP contribution in [0.2, 0.25) is 0 Å². The minimum Gasteiger partial charge on any atom is -0.316 e. The SMILES string of the molecule is C=CCn1c(CCc2ccccc2)nnc1SCC(=O)Nc1sc2c(c1C#N)CCCC2. The molecule has 32 heavy (non-hydrogen) atoms. The lowest BCUT2D eigenvalue weighted by Crippen LogP contribution is -2.15. The maximum atomic E-state index is 12.6. The van der Waals surface area contributed by atoms with Gasteiger partial charge in [0, 0.05) is 17.8 Å². The van der Waals surface area contributed by atoms with Gasteiger partial charge in [-0.05, 0) is 43.2 Å². The zero-order chi connectivity index (χ0) is 22.3. The zero-order valence-electron chi connectivity index (χ0n) is 17.8. The average molecular weight is 464 g/mol. The van der Waals surface area contributed by atoms with E-state index in [1.165, 1.54) is 22.2 Å². The first-order valence-electron chi connectivity index (χ1n) is 10.7. The normalized spacial score (nSPS) is 12.7. The highest BCUT2D eigenvalue weighted by molar-refractivity contribution is 7.99. The smallest absolute Gasteiger partial charge is 0.235 e. The monoisotopic (exact) mass is 463 g/mol. The largest absolute Gasteiger partial charge is 0.316 e. The molecule has 6 nitrogen and oxygen atoms in total. The van der Waals surface area contributed by atoms with Crippen molar-refractivity contribution in [1.29, 1.82) is 5.26 Å². The van der Waals surface area contributed by atoms with Crippen LogP contribution in [0.3, 0.4) is 0 Å². The Morgan fingerprint density at radius 1 is 1.25 bits per heavy atom. The highest BCUT2D eigenvalue weighted by Crippen LogP contribution is 2.37. The number of carbonyl (C=O) groups is 1. The van der Waals surface area contributed by atoms with Gasteiger partial charge in [-0.15, -0.1) is 28.1 Å². The van der Waals surface area contributed by atoms with Gasteiger partial charge in [-0.2, -0.15) is 5.26 Å². The zero-order valence-corrected chi connectivity index (χ0v) is 19.5. The number of aromatic nitrogens is 3. The minimum atomic E-state index is -0.135. The van der Waals surface area contributed by atoms with Crippen molar-refractivity contribution in [2.75, 3.05) is 11.1 Å². The van der Waals surface area contributed by atoms with E-state index < -0.39 is 0 Å². The Bertz CT molecular complexity index is 1140. The number of nitrogens with one attached hydrogen (secondary N) is 1. The molecule has 0 aliphatic heterocycles. The summed E-state index contributed by atoms with van der Waals surface area (Å²) in [6.45, 7) is 4.44. The molecule has 3 aromatic rings. The van der Waals surface area contributed by atoms with Crippen LogP contribution in [-0.4, -0.2) is 26.4 Å². The van der Waals surface area contributed by atoms with Gasteiger partial charge in [0.25, 0.3) is 0 Å². The number of amides is 1. The summed E-state index contributed by atoms with van der Waals surface area (Å²) < 4.78 is 2.01. The van der Waals surface area contributed by atoms with Crippen LogP contribution in [0.4, 0.5) is 5.00 Å². The van der Waals surface area contributed by atoms with Gasteiger partial charge in [-0.25, -0.2) is 0 Å². The molecule has 0 radical (unpaired) electrons. The Hall–Kier alpha value is -2.89. The Kier molecular flexibility index (Phi) is 7.40. The molecule has 8 heteroatoms. The summed E-state index contributed by atoms with van der Waals surface area (Å²) in [5, 5.41) is 22.6. The maximum absolute atomic E-state index is 12.6. The number of thiophene rings is 1. The van der Waals surface area contributed by atoms with E-state index in [2.05, 4.69) is 40.3 Å². The fourth-order valence-corrected chi connectivity index (χ4v) is 5.91. The summed E-state index contributed by atoms with van der Waals surface area (Å²) in [6, 6.07) is 12.6. The molecule has 0 atom stereocenters. The number of carbonyl (C=O) groups excluding carboxylic acids is 1. The Morgan fingerprint density at radius 3 is 2.84 bits per heavy atom. The molecule has 164 valence electrons. The Labute approximate surface area is 196 Å². The van der Waals surface area contributed by atoms with E-state index in [9.17, 15) is 10.1 Å². The molecule has 0 bridgehead atoms. The summed E-state index contributed by atoms with van der Waals surface area (Å²) in [4.78, 5) is 13.9. The van der Waals surface area contributed by atoms with Crippen LogP contribution in [0.5, 0.6) is 0 Å². The lowest BCUT2D eigenvalue weighted by atomic mass is 9.96. The lowest BCUT2D eigenvalue weighted by molar-refractivity contribution is -0.113.